The molecular formula is C13H15N5. The maximum atomic E-state index is 4.53. The van der Waals surface area contributed by atoms with Gasteiger partial charge in [0.1, 0.15) is 5.82 Å². The zero-order valence-electron chi connectivity index (χ0n) is 10.3. The summed E-state index contributed by atoms with van der Waals surface area (Å²) in [5.74, 6) is 1.79. The number of rotatable bonds is 2. The number of aryl methyl sites for hydroxylation is 1. The second-order valence-electron chi connectivity index (χ2n) is 4.47. The van der Waals surface area contributed by atoms with E-state index in [1.165, 1.54) is 0 Å². The van der Waals surface area contributed by atoms with Crippen molar-refractivity contribution in [2.45, 2.75) is 25.8 Å². The molecule has 1 aliphatic heterocycles. The molecule has 5 heteroatoms. The van der Waals surface area contributed by atoms with Crippen LogP contribution in [0.15, 0.2) is 30.9 Å². The van der Waals surface area contributed by atoms with E-state index in [1.54, 1.807) is 18.6 Å². The van der Waals surface area contributed by atoms with Crippen molar-refractivity contribution >= 4 is 5.82 Å². The molecule has 0 aliphatic carbocycles. The Morgan fingerprint density at radius 1 is 1.22 bits per heavy atom. The first-order valence-electron chi connectivity index (χ1n) is 6.17. The normalized spacial score (nSPS) is 19.2. The minimum absolute atomic E-state index is 0.224. The van der Waals surface area contributed by atoms with Crippen molar-refractivity contribution in [3.05, 3.63) is 42.4 Å². The lowest BCUT2D eigenvalue weighted by Gasteiger charge is -2.24. The van der Waals surface area contributed by atoms with Gasteiger partial charge in [-0.1, -0.05) is 0 Å². The molecule has 18 heavy (non-hydrogen) atoms. The molecule has 1 saturated heterocycles. The maximum Gasteiger partial charge on any atom is 0.150 e. The van der Waals surface area contributed by atoms with Gasteiger partial charge in [0.05, 0.1) is 12.2 Å². The van der Waals surface area contributed by atoms with Gasteiger partial charge in [-0.2, -0.15) is 0 Å². The first-order valence-corrected chi connectivity index (χ1v) is 6.17. The predicted molar refractivity (Wildman–Crippen MR) is 68.1 cm³/mol. The van der Waals surface area contributed by atoms with Crippen LogP contribution in [-0.4, -0.2) is 26.5 Å². The van der Waals surface area contributed by atoms with Gasteiger partial charge >= 0.3 is 0 Å². The van der Waals surface area contributed by atoms with E-state index in [-0.39, 0.29) is 6.04 Å². The first kappa shape index (κ1) is 11.1. The van der Waals surface area contributed by atoms with Crippen LogP contribution in [0.5, 0.6) is 0 Å². The van der Waals surface area contributed by atoms with Gasteiger partial charge in [0, 0.05) is 30.8 Å². The van der Waals surface area contributed by atoms with Crippen LogP contribution in [0.25, 0.3) is 0 Å². The Morgan fingerprint density at radius 3 is 2.94 bits per heavy atom. The Balaban J connectivity index is 1.92. The van der Waals surface area contributed by atoms with Crippen molar-refractivity contribution in [2.75, 3.05) is 11.4 Å². The van der Waals surface area contributed by atoms with E-state index in [1.807, 2.05) is 19.2 Å². The molecule has 0 spiro atoms. The van der Waals surface area contributed by atoms with E-state index in [2.05, 4.69) is 24.8 Å². The lowest BCUT2D eigenvalue weighted by molar-refractivity contribution is 0.655. The molecule has 0 bridgehead atoms. The van der Waals surface area contributed by atoms with E-state index in [0.29, 0.717) is 0 Å². The van der Waals surface area contributed by atoms with Crippen molar-refractivity contribution in [1.82, 2.24) is 19.9 Å². The van der Waals surface area contributed by atoms with Gasteiger partial charge in [-0.25, -0.2) is 15.0 Å². The van der Waals surface area contributed by atoms with E-state index >= 15 is 0 Å². The minimum Gasteiger partial charge on any atom is -0.345 e. The first-order chi connectivity index (χ1) is 8.84. The number of hydrogen-bond donors (Lipinski definition) is 0. The molecule has 5 nitrogen and oxygen atoms in total. The summed E-state index contributed by atoms with van der Waals surface area (Å²) in [6.45, 7) is 2.98. The van der Waals surface area contributed by atoms with Crippen LogP contribution >= 0.6 is 0 Å². The van der Waals surface area contributed by atoms with E-state index in [0.717, 1.165) is 36.7 Å². The number of nitrogens with zero attached hydrogens (tertiary/aromatic N) is 5. The summed E-state index contributed by atoms with van der Waals surface area (Å²) >= 11 is 0. The molecule has 1 fully saturated rings. The van der Waals surface area contributed by atoms with Crippen LogP contribution < -0.4 is 4.90 Å². The van der Waals surface area contributed by atoms with Crippen molar-refractivity contribution in [1.29, 1.82) is 0 Å². The third-order valence-corrected chi connectivity index (χ3v) is 3.21. The Morgan fingerprint density at radius 2 is 2.17 bits per heavy atom. The minimum atomic E-state index is 0.224. The largest absolute Gasteiger partial charge is 0.345 e. The summed E-state index contributed by atoms with van der Waals surface area (Å²) < 4.78 is 0. The molecule has 0 radical (unpaired) electrons. The third-order valence-electron chi connectivity index (χ3n) is 3.21. The molecule has 0 amide bonds. The molecule has 3 rings (SSSR count). The van der Waals surface area contributed by atoms with Crippen LogP contribution in [0, 0.1) is 6.92 Å². The van der Waals surface area contributed by atoms with Gasteiger partial charge in [0.15, 0.2) is 5.82 Å². The molecule has 3 heterocycles. The van der Waals surface area contributed by atoms with Crippen LogP contribution in [-0.2, 0) is 0 Å². The summed E-state index contributed by atoms with van der Waals surface area (Å²) in [7, 11) is 0. The van der Waals surface area contributed by atoms with E-state index in [9.17, 15) is 0 Å². The molecule has 1 aliphatic rings. The summed E-state index contributed by atoms with van der Waals surface area (Å²) in [5, 5.41) is 0. The number of aromatic nitrogens is 4. The van der Waals surface area contributed by atoms with E-state index < -0.39 is 0 Å². The number of anilines is 1. The number of hydrogen-bond acceptors (Lipinski definition) is 5. The van der Waals surface area contributed by atoms with Gasteiger partial charge in [-0.3, -0.25) is 4.98 Å². The van der Waals surface area contributed by atoms with Crippen molar-refractivity contribution in [3.63, 3.8) is 0 Å². The summed E-state index contributed by atoms with van der Waals surface area (Å²) in [6, 6.07) is 2.15. The smallest absolute Gasteiger partial charge is 0.150 e. The summed E-state index contributed by atoms with van der Waals surface area (Å²) in [4.78, 5) is 19.7. The monoisotopic (exact) mass is 241 g/mol. The lowest BCUT2D eigenvalue weighted by atomic mass is 10.2. The Kier molecular flexibility index (Phi) is 2.88. The lowest BCUT2D eigenvalue weighted by Crippen LogP contribution is -2.25. The van der Waals surface area contributed by atoms with Gasteiger partial charge < -0.3 is 4.90 Å². The highest BCUT2D eigenvalue weighted by Crippen LogP contribution is 2.32. The molecule has 2 aromatic rings. The SMILES string of the molecule is Cc1ccnc([C@H]2CCCN2c2cnccn2)n1. The molecule has 0 N–H and O–H groups in total. The summed E-state index contributed by atoms with van der Waals surface area (Å²) in [5.41, 5.74) is 1.01. The molecule has 0 unspecified atom stereocenters. The second kappa shape index (κ2) is 4.68. The zero-order chi connectivity index (χ0) is 12.4. The van der Waals surface area contributed by atoms with Crippen molar-refractivity contribution in [2.24, 2.45) is 0 Å². The van der Waals surface area contributed by atoms with Crippen molar-refractivity contribution < 1.29 is 0 Å². The highest BCUT2D eigenvalue weighted by atomic mass is 15.3. The molecule has 92 valence electrons. The highest BCUT2D eigenvalue weighted by molar-refractivity contribution is 5.39. The molecule has 2 aromatic heterocycles. The highest BCUT2D eigenvalue weighted by Gasteiger charge is 2.29. The average molecular weight is 241 g/mol. The van der Waals surface area contributed by atoms with Gasteiger partial charge in [-0.15, -0.1) is 0 Å². The topological polar surface area (TPSA) is 54.8 Å². The Hall–Kier alpha value is -2.04. The van der Waals surface area contributed by atoms with Crippen LogP contribution in [0.3, 0.4) is 0 Å². The summed E-state index contributed by atoms with van der Waals surface area (Å²) in [6.07, 6.45) is 9.25. The second-order valence-corrected chi connectivity index (χ2v) is 4.47. The molecule has 1 atom stereocenters. The quantitative estimate of drug-likeness (QED) is 0.804. The van der Waals surface area contributed by atoms with Crippen LogP contribution in [0.2, 0.25) is 0 Å². The Bertz CT molecular complexity index is 528. The maximum absolute atomic E-state index is 4.53. The average Bonchev–Trinajstić information content (AvgIpc) is 2.89. The fourth-order valence-electron chi connectivity index (χ4n) is 2.38. The third kappa shape index (κ3) is 2.03. The van der Waals surface area contributed by atoms with Gasteiger partial charge in [0.25, 0.3) is 0 Å². The predicted octanol–water partition coefficient (Wildman–Crippen LogP) is 1.92. The fraction of sp³-hybridized carbons (Fsp3) is 0.385. The molecule has 0 aromatic carbocycles. The van der Waals surface area contributed by atoms with Crippen LogP contribution in [0.1, 0.15) is 30.4 Å². The Labute approximate surface area is 106 Å². The van der Waals surface area contributed by atoms with Crippen LogP contribution in [0.4, 0.5) is 5.82 Å². The van der Waals surface area contributed by atoms with Crippen molar-refractivity contribution in [3.8, 4) is 0 Å². The standard InChI is InChI=1S/C13H15N5/c1-10-4-5-16-13(17-10)11-3-2-8-18(11)12-9-14-6-7-15-12/h4-7,9,11H,2-3,8H2,1H3/t11-/m1/s1. The molecular weight excluding hydrogens is 226 g/mol. The molecule has 0 saturated carbocycles. The van der Waals surface area contributed by atoms with Gasteiger partial charge in [-0.05, 0) is 25.8 Å². The van der Waals surface area contributed by atoms with E-state index in [4.69, 9.17) is 0 Å². The zero-order valence-corrected chi connectivity index (χ0v) is 10.3. The van der Waals surface area contributed by atoms with Gasteiger partial charge in [0.2, 0.25) is 0 Å². The fourth-order valence-corrected chi connectivity index (χ4v) is 2.38.